The van der Waals surface area contributed by atoms with Crippen LogP contribution in [0, 0.1) is 0 Å². The number of anilines is 3. The maximum absolute atomic E-state index is 2.44. The molecule has 0 aromatic heterocycles. The fraction of sp³-hybridized carbons (Fsp3) is 0.130. The van der Waals surface area contributed by atoms with Crippen molar-refractivity contribution in [1.82, 2.24) is 0 Å². The number of benzene rings is 7. The second-order valence-electron chi connectivity index (χ2n) is 14.2. The minimum absolute atomic E-state index is 0.0130. The lowest BCUT2D eigenvalue weighted by molar-refractivity contribution is 0.660. The molecule has 0 saturated carbocycles. The van der Waals surface area contributed by atoms with Gasteiger partial charge in [0.15, 0.2) is 0 Å². The Morgan fingerprint density at radius 2 is 0.936 bits per heavy atom. The van der Waals surface area contributed by atoms with Crippen molar-refractivity contribution in [3.8, 4) is 33.4 Å². The summed E-state index contributed by atoms with van der Waals surface area (Å²) in [5.41, 5.74) is 16.9. The Morgan fingerprint density at radius 1 is 0.383 bits per heavy atom. The minimum Gasteiger partial charge on any atom is -0.310 e. The van der Waals surface area contributed by atoms with Crippen LogP contribution in [0.25, 0.3) is 44.2 Å². The molecule has 7 aromatic carbocycles. The Balaban J connectivity index is 1.17. The van der Waals surface area contributed by atoms with Crippen LogP contribution < -0.4 is 4.90 Å². The average Bonchev–Trinajstić information content (AvgIpc) is 3.48. The number of rotatable bonds is 4. The van der Waals surface area contributed by atoms with Crippen molar-refractivity contribution in [2.75, 3.05) is 4.90 Å². The van der Waals surface area contributed by atoms with Gasteiger partial charge in [-0.2, -0.15) is 0 Å². The molecule has 0 bridgehead atoms. The van der Waals surface area contributed by atoms with E-state index in [1.165, 1.54) is 77.8 Å². The smallest absolute Gasteiger partial charge is 0.0540 e. The highest BCUT2D eigenvalue weighted by molar-refractivity contribution is 5.99. The van der Waals surface area contributed by atoms with Gasteiger partial charge in [-0.15, -0.1) is 0 Å². The molecular weight excluding hydrogens is 567 g/mol. The van der Waals surface area contributed by atoms with Crippen LogP contribution in [0.2, 0.25) is 0 Å². The number of hydrogen-bond acceptors (Lipinski definition) is 1. The highest BCUT2D eigenvalue weighted by Gasteiger charge is 2.36. The van der Waals surface area contributed by atoms with E-state index in [-0.39, 0.29) is 10.8 Å². The van der Waals surface area contributed by atoms with E-state index >= 15 is 0 Å². The third kappa shape index (κ3) is 4.09. The Bertz CT molecular complexity index is 2350. The summed E-state index contributed by atoms with van der Waals surface area (Å²) >= 11 is 0. The molecule has 0 N–H and O–H groups in total. The van der Waals surface area contributed by atoms with E-state index in [9.17, 15) is 0 Å². The average molecular weight is 604 g/mol. The van der Waals surface area contributed by atoms with Crippen molar-refractivity contribution in [2.24, 2.45) is 0 Å². The zero-order valence-corrected chi connectivity index (χ0v) is 27.4. The molecule has 7 aromatic rings. The highest BCUT2D eigenvalue weighted by Crippen LogP contribution is 2.52. The van der Waals surface area contributed by atoms with Crippen LogP contribution in [0.1, 0.15) is 49.9 Å². The van der Waals surface area contributed by atoms with E-state index in [0.717, 1.165) is 5.69 Å². The summed E-state index contributed by atoms with van der Waals surface area (Å²) in [6, 6.07) is 56.3. The van der Waals surface area contributed by atoms with Gasteiger partial charge in [-0.1, -0.05) is 143 Å². The number of fused-ring (bicyclic) bond motifs is 7. The van der Waals surface area contributed by atoms with Crippen LogP contribution in [0.3, 0.4) is 0 Å². The molecule has 9 rings (SSSR count). The Hall–Kier alpha value is -5.40. The fourth-order valence-electron chi connectivity index (χ4n) is 8.36. The van der Waals surface area contributed by atoms with Crippen molar-refractivity contribution in [2.45, 2.75) is 38.5 Å². The molecular formula is C46H37N. The quantitative estimate of drug-likeness (QED) is 0.193. The summed E-state index contributed by atoms with van der Waals surface area (Å²) in [4.78, 5) is 2.44. The predicted octanol–water partition coefficient (Wildman–Crippen LogP) is 12.6. The van der Waals surface area contributed by atoms with Gasteiger partial charge in [0.05, 0.1) is 5.69 Å². The maximum atomic E-state index is 2.44. The molecule has 0 atom stereocenters. The molecule has 2 aliphatic carbocycles. The topological polar surface area (TPSA) is 3.24 Å². The first kappa shape index (κ1) is 27.9. The molecule has 1 nitrogen and oxygen atoms in total. The van der Waals surface area contributed by atoms with Gasteiger partial charge in [-0.25, -0.2) is 0 Å². The van der Waals surface area contributed by atoms with Gasteiger partial charge >= 0.3 is 0 Å². The Labute approximate surface area is 277 Å². The fourth-order valence-corrected chi connectivity index (χ4v) is 8.36. The Kier molecular flexibility index (Phi) is 5.96. The first-order valence-corrected chi connectivity index (χ1v) is 16.7. The predicted molar refractivity (Wildman–Crippen MR) is 199 cm³/mol. The molecule has 0 aliphatic heterocycles. The molecule has 1 heteroatoms. The van der Waals surface area contributed by atoms with Gasteiger partial charge in [0.1, 0.15) is 0 Å². The van der Waals surface area contributed by atoms with Crippen molar-refractivity contribution in [3.05, 3.63) is 174 Å². The van der Waals surface area contributed by atoms with Crippen LogP contribution in [0.5, 0.6) is 0 Å². The van der Waals surface area contributed by atoms with Gasteiger partial charge in [0, 0.05) is 27.6 Å². The Morgan fingerprint density at radius 3 is 1.70 bits per heavy atom. The molecule has 0 radical (unpaired) electrons. The summed E-state index contributed by atoms with van der Waals surface area (Å²) in [5.74, 6) is 0. The molecule has 0 spiro atoms. The lowest BCUT2D eigenvalue weighted by atomic mass is 9.82. The molecule has 0 amide bonds. The molecule has 0 fully saturated rings. The third-order valence-electron chi connectivity index (χ3n) is 10.9. The minimum atomic E-state index is -0.0724. The van der Waals surface area contributed by atoms with Crippen molar-refractivity contribution in [1.29, 1.82) is 0 Å². The van der Waals surface area contributed by atoms with Gasteiger partial charge in [0.25, 0.3) is 0 Å². The first-order chi connectivity index (χ1) is 22.8. The van der Waals surface area contributed by atoms with E-state index in [1.54, 1.807) is 0 Å². The van der Waals surface area contributed by atoms with Crippen LogP contribution in [0.4, 0.5) is 17.1 Å². The lowest BCUT2D eigenvalue weighted by Crippen LogP contribution is -2.16. The monoisotopic (exact) mass is 603 g/mol. The van der Waals surface area contributed by atoms with Crippen LogP contribution >= 0.6 is 0 Å². The normalized spacial score (nSPS) is 14.7. The summed E-state index contributed by atoms with van der Waals surface area (Å²) in [5, 5.41) is 2.48. The molecule has 0 heterocycles. The summed E-state index contributed by atoms with van der Waals surface area (Å²) in [7, 11) is 0. The van der Waals surface area contributed by atoms with E-state index in [1.807, 2.05) is 0 Å². The van der Waals surface area contributed by atoms with Crippen LogP contribution in [-0.2, 0) is 10.8 Å². The highest BCUT2D eigenvalue weighted by atomic mass is 15.1. The van der Waals surface area contributed by atoms with Crippen LogP contribution in [0.15, 0.2) is 152 Å². The molecule has 47 heavy (non-hydrogen) atoms. The van der Waals surface area contributed by atoms with E-state index in [4.69, 9.17) is 0 Å². The summed E-state index contributed by atoms with van der Waals surface area (Å²) < 4.78 is 0. The van der Waals surface area contributed by atoms with E-state index in [2.05, 4.69) is 184 Å². The summed E-state index contributed by atoms with van der Waals surface area (Å²) in [6.07, 6.45) is 0. The molecule has 226 valence electrons. The maximum Gasteiger partial charge on any atom is 0.0540 e. The lowest BCUT2D eigenvalue weighted by Gasteiger charge is -2.29. The standard InChI is InChI=1S/C46H37N/c1-45(2)41-18-10-8-16-37(41)39-28-32(22-27-42(39)45)30-20-23-33(24-21-30)47(44-19-11-13-31-12-5-6-14-35(31)44)34-25-26-38-36-15-7-9-17-40(36)46(3,4)43(38)29-34/h5-29H,1-4H3. The second-order valence-corrected chi connectivity index (χ2v) is 14.2. The van der Waals surface area contributed by atoms with Gasteiger partial charge in [-0.05, 0) is 97.4 Å². The van der Waals surface area contributed by atoms with Gasteiger partial charge in [-0.3, -0.25) is 0 Å². The second kappa shape index (κ2) is 10.0. The molecule has 0 unspecified atom stereocenters. The first-order valence-electron chi connectivity index (χ1n) is 16.7. The van der Waals surface area contributed by atoms with Crippen molar-refractivity contribution >= 4 is 27.8 Å². The third-order valence-corrected chi connectivity index (χ3v) is 10.9. The number of nitrogens with zero attached hydrogens (tertiary/aromatic N) is 1. The largest absolute Gasteiger partial charge is 0.310 e. The van der Waals surface area contributed by atoms with Crippen LogP contribution in [-0.4, -0.2) is 0 Å². The molecule has 2 aliphatic rings. The van der Waals surface area contributed by atoms with Crippen molar-refractivity contribution in [3.63, 3.8) is 0 Å². The zero-order chi connectivity index (χ0) is 31.9. The SMILES string of the molecule is CC1(C)c2ccccc2-c2cc(-c3ccc(N(c4ccc5c(c4)C(C)(C)c4ccccc4-5)c4cccc5ccccc45)cc3)ccc21. The zero-order valence-electron chi connectivity index (χ0n) is 27.4. The van der Waals surface area contributed by atoms with Gasteiger partial charge < -0.3 is 4.90 Å². The van der Waals surface area contributed by atoms with Gasteiger partial charge in [0.2, 0.25) is 0 Å². The molecule has 0 saturated heterocycles. The van der Waals surface area contributed by atoms with Crippen molar-refractivity contribution < 1.29 is 0 Å². The summed E-state index contributed by atoms with van der Waals surface area (Å²) in [6.45, 7) is 9.39. The van der Waals surface area contributed by atoms with E-state index < -0.39 is 0 Å². The number of hydrogen-bond donors (Lipinski definition) is 0. The van der Waals surface area contributed by atoms with E-state index in [0.29, 0.717) is 0 Å².